The fourth-order valence-electron chi connectivity index (χ4n) is 0.986. The van der Waals surface area contributed by atoms with Gasteiger partial charge in [-0.2, -0.15) is 0 Å². The van der Waals surface area contributed by atoms with Gasteiger partial charge in [-0.1, -0.05) is 36.5 Å². The SMILES string of the molecule is CCCCNC(=O)c1cc(Cl)nnc1Cl. The third kappa shape index (κ3) is 3.64. The van der Waals surface area contributed by atoms with Crippen LogP contribution in [0, 0.1) is 0 Å². The van der Waals surface area contributed by atoms with Crippen LogP contribution < -0.4 is 5.32 Å². The molecule has 0 fully saturated rings. The lowest BCUT2D eigenvalue weighted by Gasteiger charge is -2.04. The highest BCUT2D eigenvalue weighted by Crippen LogP contribution is 2.14. The van der Waals surface area contributed by atoms with E-state index in [1.54, 1.807) is 0 Å². The molecule has 0 radical (unpaired) electrons. The highest BCUT2D eigenvalue weighted by molar-refractivity contribution is 6.34. The van der Waals surface area contributed by atoms with Crippen molar-refractivity contribution in [2.75, 3.05) is 6.54 Å². The summed E-state index contributed by atoms with van der Waals surface area (Å²) in [4.78, 5) is 11.6. The van der Waals surface area contributed by atoms with Gasteiger partial charge in [-0.25, -0.2) is 0 Å². The lowest BCUT2D eigenvalue weighted by Crippen LogP contribution is -2.25. The Morgan fingerprint density at radius 2 is 2.20 bits per heavy atom. The molecule has 0 spiro atoms. The summed E-state index contributed by atoms with van der Waals surface area (Å²) < 4.78 is 0. The largest absolute Gasteiger partial charge is 0.352 e. The van der Waals surface area contributed by atoms with Gasteiger partial charge >= 0.3 is 0 Å². The van der Waals surface area contributed by atoms with Gasteiger partial charge in [0.25, 0.3) is 5.91 Å². The van der Waals surface area contributed by atoms with Gasteiger partial charge in [-0.15, -0.1) is 10.2 Å². The average Bonchev–Trinajstić information content (AvgIpc) is 2.22. The van der Waals surface area contributed by atoms with Crippen LogP contribution in [0.15, 0.2) is 6.07 Å². The molecule has 6 heteroatoms. The third-order valence-electron chi connectivity index (χ3n) is 1.78. The Morgan fingerprint density at radius 3 is 2.87 bits per heavy atom. The standard InChI is InChI=1S/C9H11Cl2N3O/c1-2-3-4-12-9(15)6-5-7(10)13-14-8(6)11/h5H,2-4H2,1H3,(H,12,15). The van der Waals surface area contributed by atoms with E-state index in [0.29, 0.717) is 6.54 Å². The number of hydrogen-bond donors (Lipinski definition) is 1. The van der Waals surface area contributed by atoms with Crippen LogP contribution in [0.25, 0.3) is 0 Å². The molecule has 0 aromatic carbocycles. The van der Waals surface area contributed by atoms with Crippen molar-refractivity contribution in [2.45, 2.75) is 19.8 Å². The minimum Gasteiger partial charge on any atom is -0.352 e. The number of carbonyl (C=O) groups excluding carboxylic acids is 1. The van der Waals surface area contributed by atoms with E-state index in [4.69, 9.17) is 23.2 Å². The Morgan fingerprint density at radius 1 is 1.47 bits per heavy atom. The zero-order chi connectivity index (χ0) is 11.3. The molecule has 0 saturated carbocycles. The Labute approximate surface area is 98.0 Å². The molecule has 1 N–H and O–H groups in total. The van der Waals surface area contributed by atoms with Crippen LogP contribution in [0.2, 0.25) is 10.3 Å². The summed E-state index contributed by atoms with van der Waals surface area (Å²) in [6.45, 7) is 2.66. The van der Waals surface area contributed by atoms with Crippen LogP contribution in [-0.2, 0) is 0 Å². The quantitative estimate of drug-likeness (QED) is 0.832. The molecule has 0 atom stereocenters. The second-order valence-electron chi connectivity index (χ2n) is 2.98. The molecule has 15 heavy (non-hydrogen) atoms. The van der Waals surface area contributed by atoms with Crippen LogP contribution >= 0.6 is 23.2 Å². The Hall–Kier alpha value is -0.870. The van der Waals surface area contributed by atoms with E-state index >= 15 is 0 Å². The van der Waals surface area contributed by atoms with Gasteiger partial charge in [0, 0.05) is 6.54 Å². The molecule has 4 nitrogen and oxygen atoms in total. The molecule has 0 aliphatic carbocycles. The molecular formula is C9H11Cl2N3O. The van der Waals surface area contributed by atoms with Crippen molar-refractivity contribution in [3.63, 3.8) is 0 Å². The predicted octanol–water partition coefficient (Wildman–Crippen LogP) is 2.31. The molecule has 0 saturated heterocycles. The number of unbranched alkanes of at least 4 members (excludes halogenated alkanes) is 1. The first-order chi connectivity index (χ1) is 7.15. The third-order valence-corrected chi connectivity index (χ3v) is 2.24. The molecule has 82 valence electrons. The highest BCUT2D eigenvalue weighted by atomic mass is 35.5. The molecule has 1 amide bonds. The number of nitrogens with zero attached hydrogens (tertiary/aromatic N) is 2. The van der Waals surface area contributed by atoms with Gasteiger partial charge in [-0.05, 0) is 12.5 Å². The smallest absolute Gasteiger partial charge is 0.254 e. The van der Waals surface area contributed by atoms with Crippen LogP contribution in [0.4, 0.5) is 0 Å². The molecule has 0 unspecified atom stereocenters. The van der Waals surface area contributed by atoms with Crippen LogP contribution in [0.5, 0.6) is 0 Å². The summed E-state index contributed by atoms with van der Waals surface area (Å²) in [7, 11) is 0. The van der Waals surface area contributed by atoms with E-state index in [9.17, 15) is 4.79 Å². The molecule has 1 aromatic rings. The molecule has 0 aliphatic rings. The first-order valence-electron chi connectivity index (χ1n) is 4.62. The second kappa shape index (κ2) is 5.88. The molecule has 1 rings (SSSR count). The van der Waals surface area contributed by atoms with E-state index in [-0.39, 0.29) is 21.8 Å². The predicted molar refractivity (Wildman–Crippen MR) is 59.3 cm³/mol. The number of aromatic nitrogens is 2. The Kier molecular flexibility index (Phi) is 4.78. The van der Waals surface area contributed by atoms with Gasteiger partial charge in [0.2, 0.25) is 0 Å². The maximum atomic E-state index is 11.6. The molecule has 1 aromatic heterocycles. The Balaban J connectivity index is 2.68. The van der Waals surface area contributed by atoms with Gasteiger partial charge in [0.15, 0.2) is 10.3 Å². The van der Waals surface area contributed by atoms with Gasteiger partial charge < -0.3 is 5.32 Å². The molecular weight excluding hydrogens is 237 g/mol. The molecule has 0 aliphatic heterocycles. The number of rotatable bonds is 4. The van der Waals surface area contributed by atoms with Gasteiger partial charge in [0.1, 0.15) is 0 Å². The topological polar surface area (TPSA) is 54.9 Å². The first-order valence-corrected chi connectivity index (χ1v) is 5.37. The minimum absolute atomic E-state index is 0.0633. The number of nitrogens with one attached hydrogen (secondary N) is 1. The Bertz CT molecular complexity index is 357. The zero-order valence-corrected chi connectivity index (χ0v) is 9.77. The van der Waals surface area contributed by atoms with E-state index in [1.807, 2.05) is 6.92 Å². The first kappa shape index (κ1) is 12.2. The summed E-state index contributed by atoms with van der Waals surface area (Å²) in [6, 6.07) is 1.40. The maximum absolute atomic E-state index is 11.6. The van der Waals surface area contributed by atoms with Crippen LogP contribution in [0.1, 0.15) is 30.1 Å². The lowest BCUT2D eigenvalue weighted by molar-refractivity contribution is 0.0953. The summed E-state index contributed by atoms with van der Waals surface area (Å²) >= 11 is 11.3. The molecule has 1 heterocycles. The van der Waals surface area contributed by atoms with Gasteiger partial charge in [-0.3, -0.25) is 4.79 Å². The van der Waals surface area contributed by atoms with Crippen molar-refractivity contribution < 1.29 is 4.79 Å². The summed E-state index contributed by atoms with van der Waals surface area (Å²) in [5.41, 5.74) is 0.257. The number of amides is 1. The summed E-state index contributed by atoms with van der Waals surface area (Å²) in [5, 5.41) is 10.0. The normalized spacial score (nSPS) is 10.1. The number of hydrogen-bond acceptors (Lipinski definition) is 3. The van der Waals surface area contributed by atoms with Crippen molar-refractivity contribution in [1.82, 2.24) is 15.5 Å². The summed E-state index contributed by atoms with van der Waals surface area (Å²) in [5.74, 6) is -0.273. The number of halogens is 2. The second-order valence-corrected chi connectivity index (χ2v) is 3.73. The van der Waals surface area contributed by atoms with Crippen LogP contribution in [-0.4, -0.2) is 22.6 Å². The monoisotopic (exact) mass is 247 g/mol. The summed E-state index contributed by atoms with van der Waals surface area (Å²) in [6.07, 6.45) is 1.94. The van der Waals surface area contributed by atoms with Crippen molar-refractivity contribution in [1.29, 1.82) is 0 Å². The lowest BCUT2D eigenvalue weighted by atomic mass is 10.3. The van der Waals surface area contributed by atoms with Crippen molar-refractivity contribution >= 4 is 29.1 Å². The van der Waals surface area contributed by atoms with Gasteiger partial charge in [0.05, 0.1) is 5.56 Å². The van der Waals surface area contributed by atoms with Crippen molar-refractivity contribution in [3.8, 4) is 0 Å². The maximum Gasteiger partial charge on any atom is 0.254 e. The fraction of sp³-hybridized carbons (Fsp3) is 0.444. The van der Waals surface area contributed by atoms with E-state index in [2.05, 4.69) is 15.5 Å². The van der Waals surface area contributed by atoms with E-state index < -0.39 is 0 Å². The molecule has 0 bridgehead atoms. The van der Waals surface area contributed by atoms with Crippen molar-refractivity contribution in [2.24, 2.45) is 0 Å². The average molecular weight is 248 g/mol. The van der Waals surface area contributed by atoms with Crippen molar-refractivity contribution in [3.05, 3.63) is 21.9 Å². The minimum atomic E-state index is -0.273. The highest BCUT2D eigenvalue weighted by Gasteiger charge is 2.12. The van der Waals surface area contributed by atoms with E-state index in [1.165, 1.54) is 6.07 Å². The number of carbonyl (C=O) groups is 1. The van der Waals surface area contributed by atoms with Crippen LogP contribution in [0.3, 0.4) is 0 Å². The van der Waals surface area contributed by atoms with E-state index in [0.717, 1.165) is 12.8 Å². The fourth-order valence-corrected chi connectivity index (χ4v) is 1.31. The zero-order valence-electron chi connectivity index (χ0n) is 8.26.